The summed E-state index contributed by atoms with van der Waals surface area (Å²) in [5.41, 5.74) is 5.66. The van der Waals surface area contributed by atoms with Crippen LogP contribution in [0.15, 0.2) is 24.3 Å². The lowest BCUT2D eigenvalue weighted by atomic mass is 9.91. The number of hydrogen-bond donors (Lipinski definition) is 4. The maximum absolute atomic E-state index is 11.9. The number of hydrazine groups is 1. The zero-order valence-electron chi connectivity index (χ0n) is 13.4. The van der Waals surface area contributed by atoms with E-state index in [1.807, 2.05) is 19.1 Å². The van der Waals surface area contributed by atoms with Crippen LogP contribution in [-0.4, -0.2) is 29.5 Å². The minimum atomic E-state index is -0.697. The lowest BCUT2D eigenvalue weighted by Crippen LogP contribution is -2.44. The van der Waals surface area contributed by atoms with Crippen LogP contribution in [0.3, 0.4) is 0 Å². The molecule has 3 N–H and O–H groups in total. The zero-order chi connectivity index (χ0) is 17.2. The largest absolute Gasteiger partial charge is 0.508 e. The van der Waals surface area contributed by atoms with Crippen molar-refractivity contribution in [3.8, 4) is 5.75 Å². The standard InChI is InChI=1S/C16H24N2O4S/c1-11(10-13-3-5-14(19)6-4-13)9-12(2)15(20)17-18-16(21)22-7-8-23/h3-6,11-12,19,23H,7-10H2,1-2H3,(H,17,20)(H,18,21)/t11-,12+/m1/s1. The second-order valence-electron chi connectivity index (χ2n) is 5.59. The summed E-state index contributed by atoms with van der Waals surface area (Å²) >= 11 is 3.91. The second kappa shape index (κ2) is 9.99. The van der Waals surface area contributed by atoms with E-state index < -0.39 is 6.09 Å². The van der Waals surface area contributed by atoms with Crippen LogP contribution < -0.4 is 10.9 Å². The highest BCUT2D eigenvalue weighted by Crippen LogP contribution is 2.18. The monoisotopic (exact) mass is 340 g/mol. The van der Waals surface area contributed by atoms with E-state index in [2.05, 4.69) is 30.4 Å². The molecule has 1 aromatic rings. The molecule has 0 unspecified atom stereocenters. The van der Waals surface area contributed by atoms with Crippen LogP contribution in [0.1, 0.15) is 25.8 Å². The highest BCUT2D eigenvalue weighted by atomic mass is 32.1. The van der Waals surface area contributed by atoms with E-state index in [1.54, 1.807) is 12.1 Å². The Balaban J connectivity index is 2.33. The Kier molecular flexibility index (Phi) is 8.32. The molecular formula is C16H24N2O4S. The fourth-order valence-electron chi connectivity index (χ4n) is 2.24. The molecule has 0 aliphatic heterocycles. The number of phenols is 1. The molecule has 7 heteroatoms. The number of phenolic OH excluding ortho intramolecular Hbond substituents is 1. The molecule has 6 nitrogen and oxygen atoms in total. The molecule has 0 aliphatic rings. The smallest absolute Gasteiger partial charge is 0.426 e. The number of hydrogen-bond acceptors (Lipinski definition) is 5. The molecule has 0 heterocycles. The lowest BCUT2D eigenvalue weighted by molar-refractivity contribution is -0.125. The molecule has 2 atom stereocenters. The maximum atomic E-state index is 11.9. The normalized spacial score (nSPS) is 13.0. The van der Waals surface area contributed by atoms with Gasteiger partial charge in [-0.05, 0) is 36.5 Å². The summed E-state index contributed by atoms with van der Waals surface area (Å²) in [6, 6.07) is 7.04. The Morgan fingerprint density at radius 1 is 1.22 bits per heavy atom. The van der Waals surface area contributed by atoms with Crippen molar-refractivity contribution < 1.29 is 19.4 Å². The molecule has 0 fully saturated rings. The average molecular weight is 340 g/mol. The molecule has 0 saturated heterocycles. The number of nitrogens with one attached hydrogen (secondary N) is 2. The highest BCUT2D eigenvalue weighted by Gasteiger charge is 2.17. The lowest BCUT2D eigenvalue weighted by Gasteiger charge is -2.17. The van der Waals surface area contributed by atoms with E-state index in [0.29, 0.717) is 12.2 Å². The van der Waals surface area contributed by atoms with Gasteiger partial charge in [-0.15, -0.1) is 0 Å². The molecular weight excluding hydrogens is 316 g/mol. The van der Waals surface area contributed by atoms with E-state index in [9.17, 15) is 14.7 Å². The molecule has 2 amide bonds. The van der Waals surface area contributed by atoms with E-state index in [4.69, 9.17) is 4.74 Å². The molecule has 0 saturated carbocycles. The van der Waals surface area contributed by atoms with Gasteiger partial charge in [0.1, 0.15) is 12.4 Å². The molecule has 128 valence electrons. The van der Waals surface area contributed by atoms with Crippen LogP contribution in [0.25, 0.3) is 0 Å². The molecule has 23 heavy (non-hydrogen) atoms. The van der Waals surface area contributed by atoms with Gasteiger partial charge in [0.2, 0.25) is 5.91 Å². The second-order valence-corrected chi connectivity index (χ2v) is 6.03. The Hall–Kier alpha value is -1.89. The molecule has 0 aliphatic carbocycles. The molecule has 0 spiro atoms. The summed E-state index contributed by atoms with van der Waals surface area (Å²) in [4.78, 5) is 23.1. The first kappa shape index (κ1) is 19.2. The van der Waals surface area contributed by atoms with Gasteiger partial charge in [0.25, 0.3) is 0 Å². The van der Waals surface area contributed by atoms with Crippen molar-refractivity contribution in [3.05, 3.63) is 29.8 Å². The van der Waals surface area contributed by atoms with Gasteiger partial charge in [-0.2, -0.15) is 12.6 Å². The number of thiol groups is 1. The van der Waals surface area contributed by atoms with Crippen molar-refractivity contribution >= 4 is 24.6 Å². The summed E-state index contributed by atoms with van der Waals surface area (Å²) < 4.78 is 4.73. The Bertz CT molecular complexity index is 507. The van der Waals surface area contributed by atoms with Crippen LogP contribution in [-0.2, 0) is 16.0 Å². The quantitative estimate of drug-likeness (QED) is 0.453. The molecule has 0 radical (unpaired) electrons. The number of aromatic hydroxyl groups is 1. The Morgan fingerprint density at radius 2 is 1.87 bits per heavy atom. The number of amides is 2. The first-order valence-corrected chi connectivity index (χ1v) is 8.17. The third-order valence-electron chi connectivity index (χ3n) is 3.34. The van der Waals surface area contributed by atoms with Crippen molar-refractivity contribution in [1.82, 2.24) is 10.9 Å². The van der Waals surface area contributed by atoms with Gasteiger partial charge in [0.15, 0.2) is 0 Å². The third kappa shape index (κ3) is 7.78. The van der Waals surface area contributed by atoms with Crippen molar-refractivity contribution in [2.75, 3.05) is 12.4 Å². The number of carbonyl (C=O) groups excluding carboxylic acids is 2. The third-order valence-corrected chi connectivity index (χ3v) is 3.52. The van der Waals surface area contributed by atoms with Gasteiger partial charge in [0.05, 0.1) is 0 Å². The van der Waals surface area contributed by atoms with Crippen molar-refractivity contribution in [1.29, 1.82) is 0 Å². The minimum Gasteiger partial charge on any atom is -0.508 e. The molecule has 1 rings (SSSR count). The summed E-state index contributed by atoms with van der Waals surface area (Å²) in [7, 11) is 0. The van der Waals surface area contributed by atoms with E-state index >= 15 is 0 Å². The van der Waals surface area contributed by atoms with Gasteiger partial charge in [-0.3, -0.25) is 10.2 Å². The Labute approximate surface area is 142 Å². The van der Waals surface area contributed by atoms with Crippen molar-refractivity contribution in [2.45, 2.75) is 26.7 Å². The number of ether oxygens (including phenoxy) is 1. The number of benzene rings is 1. The minimum absolute atomic E-state index is 0.185. The van der Waals surface area contributed by atoms with E-state index in [0.717, 1.165) is 12.0 Å². The maximum Gasteiger partial charge on any atom is 0.426 e. The van der Waals surface area contributed by atoms with Gasteiger partial charge in [-0.1, -0.05) is 26.0 Å². The number of carbonyl (C=O) groups is 2. The van der Waals surface area contributed by atoms with Crippen LogP contribution >= 0.6 is 12.6 Å². The molecule has 0 bridgehead atoms. The SMILES string of the molecule is C[C@@H](Cc1ccc(O)cc1)C[C@H](C)C(=O)NNC(=O)OCCS. The first-order chi connectivity index (χ1) is 10.9. The summed E-state index contributed by atoms with van der Waals surface area (Å²) in [5, 5.41) is 9.27. The van der Waals surface area contributed by atoms with Crippen LogP contribution in [0, 0.1) is 11.8 Å². The van der Waals surface area contributed by atoms with Crippen LogP contribution in [0.5, 0.6) is 5.75 Å². The Morgan fingerprint density at radius 3 is 2.48 bits per heavy atom. The summed E-state index contributed by atoms with van der Waals surface area (Å²) in [6.07, 6.45) is 0.798. The zero-order valence-corrected chi connectivity index (χ0v) is 14.3. The first-order valence-electron chi connectivity index (χ1n) is 7.53. The topological polar surface area (TPSA) is 87.7 Å². The van der Waals surface area contributed by atoms with Gasteiger partial charge in [-0.25, -0.2) is 10.2 Å². The van der Waals surface area contributed by atoms with Crippen molar-refractivity contribution in [3.63, 3.8) is 0 Å². The van der Waals surface area contributed by atoms with Crippen LogP contribution in [0.2, 0.25) is 0 Å². The van der Waals surface area contributed by atoms with Crippen molar-refractivity contribution in [2.24, 2.45) is 11.8 Å². The molecule has 0 aromatic heterocycles. The fraction of sp³-hybridized carbons (Fsp3) is 0.500. The average Bonchev–Trinajstić information content (AvgIpc) is 2.52. The number of rotatable bonds is 7. The van der Waals surface area contributed by atoms with Crippen LogP contribution in [0.4, 0.5) is 4.79 Å². The van der Waals surface area contributed by atoms with Gasteiger partial charge in [0, 0.05) is 11.7 Å². The fourth-order valence-corrected chi connectivity index (χ4v) is 2.33. The van der Waals surface area contributed by atoms with E-state index in [-0.39, 0.29) is 30.1 Å². The van der Waals surface area contributed by atoms with Gasteiger partial charge >= 0.3 is 6.09 Å². The highest BCUT2D eigenvalue weighted by molar-refractivity contribution is 7.80. The van der Waals surface area contributed by atoms with E-state index in [1.165, 1.54) is 0 Å². The summed E-state index contributed by atoms with van der Waals surface area (Å²) in [5.74, 6) is 0.450. The predicted octanol–water partition coefficient (Wildman–Crippen LogP) is 2.28. The predicted molar refractivity (Wildman–Crippen MR) is 91.2 cm³/mol. The summed E-state index contributed by atoms with van der Waals surface area (Å²) in [6.45, 7) is 4.05. The molecule has 1 aromatic carbocycles. The van der Waals surface area contributed by atoms with Gasteiger partial charge < -0.3 is 9.84 Å².